The van der Waals surface area contributed by atoms with Crippen molar-refractivity contribution in [3.05, 3.63) is 45.1 Å². The molecule has 0 aliphatic rings. The second-order valence-corrected chi connectivity index (χ2v) is 8.43. The summed E-state index contributed by atoms with van der Waals surface area (Å²) in [7, 11) is -3.30. The maximum Gasteiger partial charge on any atom is 0.265 e. The van der Waals surface area contributed by atoms with E-state index in [2.05, 4.69) is 12.2 Å². The summed E-state index contributed by atoms with van der Waals surface area (Å²) in [5, 5.41) is 2.81. The van der Waals surface area contributed by atoms with Gasteiger partial charge in [0.15, 0.2) is 9.84 Å². The lowest BCUT2D eigenvalue weighted by Crippen LogP contribution is -2.12. The molecule has 1 aromatic heterocycles. The van der Waals surface area contributed by atoms with Crippen molar-refractivity contribution in [2.45, 2.75) is 32.1 Å². The Balaban J connectivity index is 2.31. The van der Waals surface area contributed by atoms with Gasteiger partial charge in [-0.3, -0.25) is 4.79 Å². The van der Waals surface area contributed by atoms with Crippen molar-refractivity contribution in [2.24, 2.45) is 0 Å². The molecule has 0 fully saturated rings. The van der Waals surface area contributed by atoms with E-state index >= 15 is 0 Å². The molecular weight excluding hydrogens is 318 g/mol. The van der Waals surface area contributed by atoms with Gasteiger partial charge in [-0.15, -0.1) is 11.3 Å². The number of aryl methyl sites for hydroxylation is 3. The summed E-state index contributed by atoms with van der Waals surface area (Å²) >= 11 is 1.47. The van der Waals surface area contributed by atoms with E-state index in [1.165, 1.54) is 22.3 Å². The smallest absolute Gasteiger partial charge is 0.265 e. The average Bonchev–Trinajstić information content (AvgIpc) is 2.81. The number of benzene rings is 1. The lowest BCUT2D eigenvalue weighted by molar-refractivity contribution is 0.103. The molecule has 0 unspecified atom stereocenters. The Labute approximate surface area is 135 Å². The highest BCUT2D eigenvalue weighted by Crippen LogP contribution is 2.25. The Hall–Kier alpha value is -1.66. The molecule has 0 bridgehead atoms. The largest absolute Gasteiger partial charge is 0.321 e. The Bertz CT molecular complexity index is 820. The molecule has 0 atom stereocenters. The van der Waals surface area contributed by atoms with Crippen LogP contribution >= 0.6 is 11.3 Å². The third kappa shape index (κ3) is 3.56. The molecule has 2 aromatic rings. The maximum atomic E-state index is 12.4. The standard InChI is InChI=1S/C16H19NO3S2/c1-5-14-11(3)8-15(21-14)16(18)17-13-9-12(22(4,19)20)7-6-10(13)2/h6-9H,5H2,1-4H3,(H,17,18). The number of anilines is 1. The van der Waals surface area contributed by atoms with E-state index in [9.17, 15) is 13.2 Å². The molecule has 22 heavy (non-hydrogen) atoms. The van der Waals surface area contributed by atoms with Gasteiger partial charge in [-0.05, 0) is 49.6 Å². The summed E-state index contributed by atoms with van der Waals surface area (Å²) in [5.41, 5.74) is 2.46. The van der Waals surface area contributed by atoms with Crippen molar-refractivity contribution in [1.29, 1.82) is 0 Å². The summed E-state index contributed by atoms with van der Waals surface area (Å²) in [6, 6.07) is 6.62. The minimum absolute atomic E-state index is 0.199. The predicted octanol–water partition coefficient (Wildman–Crippen LogP) is 3.58. The van der Waals surface area contributed by atoms with E-state index in [1.54, 1.807) is 12.1 Å². The van der Waals surface area contributed by atoms with Crippen LogP contribution in [0.25, 0.3) is 0 Å². The SMILES string of the molecule is CCc1sc(C(=O)Nc2cc(S(C)(=O)=O)ccc2C)cc1C. The van der Waals surface area contributed by atoms with Crippen LogP contribution in [-0.2, 0) is 16.3 Å². The van der Waals surface area contributed by atoms with Gasteiger partial charge >= 0.3 is 0 Å². The Morgan fingerprint density at radius 3 is 2.41 bits per heavy atom. The second kappa shape index (κ2) is 6.22. The van der Waals surface area contributed by atoms with Gasteiger partial charge in [0.25, 0.3) is 5.91 Å². The van der Waals surface area contributed by atoms with Crippen LogP contribution in [0.4, 0.5) is 5.69 Å². The molecule has 0 saturated carbocycles. The fourth-order valence-electron chi connectivity index (χ4n) is 2.13. The van der Waals surface area contributed by atoms with E-state index in [4.69, 9.17) is 0 Å². The lowest BCUT2D eigenvalue weighted by atomic mass is 10.2. The molecule has 6 heteroatoms. The van der Waals surface area contributed by atoms with Crippen molar-refractivity contribution in [3.63, 3.8) is 0 Å². The molecule has 2 rings (SSSR count). The van der Waals surface area contributed by atoms with Crippen LogP contribution in [0, 0.1) is 13.8 Å². The average molecular weight is 337 g/mol. The Morgan fingerprint density at radius 1 is 1.18 bits per heavy atom. The van der Waals surface area contributed by atoms with Gasteiger partial charge in [0.2, 0.25) is 0 Å². The van der Waals surface area contributed by atoms with Crippen molar-refractivity contribution >= 4 is 32.8 Å². The van der Waals surface area contributed by atoms with Crippen LogP contribution in [0.5, 0.6) is 0 Å². The van der Waals surface area contributed by atoms with E-state index in [0.29, 0.717) is 10.6 Å². The zero-order chi connectivity index (χ0) is 16.5. The number of carbonyl (C=O) groups excluding carboxylic acids is 1. The van der Waals surface area contributed by atoms with Gasteiger partial charge in [-0.25, -0.2) is 8.42 Å². The molecular formula is C16H19NO3S2. The molecule has 0 spiro atoms. The molecule has 1 aromatic carbocycles. The molecule has 0 saturated heterocycles. The first kappa shape index (κ1) is 16.7. The van der Waals surface area contributed by atoms with Gasteiger partial charge < -0.3 is 5.32 Å². The van der Waals surface area contributed by atoms with Crippen LogP contribution in [0.1, 0.15) is 32.6 Å². The topological polar surface area (TPSA) is 63.2 Å². The molecule has 1 N–H and O–H groups in total. The number of nitrogens with one attached hydrogen (secondary N) is 1. The lowest BCUT2D eigenvalue weighted by Gasteiger charge is -2.09. The highest BCUT2D eigenvalue weighted by Gasteiger charge is 2.15. The summed E-state index contributed by atoms with van der Waals surface area (Å²) in [5.74, 6) is -0.207. The monoisotopic (exact) mass is 337 g/mol. The quantitative estimate of drug-likeness (QED) is 0.927. The first-order valence-corrected chi connectivity index (χ1v) is 9.64. The molecule has 1 amide bonds. The minimum atomic E-state index is -3.30. The van der Waals surface area contributed by atoms with Crippen molar-refractivity contribution in [1.82, 2.24) is 0 Å². The Kier molecular flexibility index (Phi) is 4.72. The number of thiophene rings is 1. The van der Waals surface area contributed by atoms with Gasteiger partial charge in [-0.2, -0.15) is 0 Å². The van der Waals surface area contributed by atoms with Crippen molar-refractivity contribution < 1.29 is 13.2 Å². The zero-order valence-corrected chi connectivity index (χ0v) is 14.7. The third-order valence-electron chi connectivity index (χ3n) is 3.45. The van der Waals surface area contributed by atoms with Crippen LogP contribution in [0.3, 0.4) is 0 Å². The normalized spacial score (nSPS) is 11.5. The number of rotatable bonds is 4. The molecule has 0 radical (unpaired) electrons. The van der Waals surface area contributed by atoms with E-state index < -0.39 is 9.84 Å². The summed E-state index contributed by atoms with van der Waals surface area (Å²) in [4.78, 5) is 14.4. The van der Waals surface area contributed by atoms with E-state index in [0.717, 1.165) is 23.8 Å². The number of hydrogen-bond acceptors (Lipinski definition) is 4. The third-order valence-corrected chi connectivity index (χ3v) is 5.94. The van der Waals surface area contributed by atoms with Crippen LogP contribution in [0.15, 0.2) is 29.2 Å². The highest BCUT2D eigenvalue weighted by atomic mass is 32.2. The molecule has 0 aliphatic heterocycles. The van der Waals surface area contributed by atoms with Gasteiger partial charge in [0.05, 0.1) is 9.77 Å². The maximum absolute atomic E-state index is 12.4. The number of carbonyl (C=O) groups is 1. The number of amides is 1. The van der Waals surface area contributed by atoms with Gasteiger partial charge in [0.1, 0.15) is 0 Å². The first-order valence-electron chi connectivity index (χ1n) is 6.93. The second-order valence-electron chi connectivity index (χ2n) is 5.27. The van der Waals surface area contributed by atoms with E-state index in [-0.39, 0.29) is 10.8 Å². The summed E-state index contributed by atoms with van der Waals surface area (Å²) in [6.07, 6.45) is 2.05. The predicted molar refractivity (Wildman–Crippen MR) is 90.7 cm³/mol. The van der Waals surface area contributed by atoms with Gasteiger partial charge in [-0.1, -0.05) is 13.0 Å². The fourth-order valence-corrected chi connectivity index (χ4v) is 3.79. The minimum Gasteiger partial charge on any atom is -0.321 e. The molecule has 4 nitrogen and oxygen atoms in total. The number of sulfone groups is 1. The molecule has 0 aliphatic carbocycles. The van der Waals surface area contributed by atoms with Crippen LogP contribution < -0.4 is 5.32 Å². The number of hydrogen-bond donors (Lipinski definition) is 1. The molecule has 1 heterocycles. The highest BCUT2D eigenvalue weighted by molar-refractivity contribution is 7.90. The zero-order valence-electron chi connectivity index (χ0n) is 13.1. The van der Waals surface area contributed by atoms with Gasteiger partial charge in [0, 0.05) is 16.8 Å². The Morgan fingerprint density at radius 2 is 1.86 bits per heavy atom. The summed E-state index contributed by atoms with van der Waals surface area (Å²) in [6.45, 7) is 5.88. The molecule has 118 valence electrons. The van der Waals surface area contributed by atoms with Crippen LogP contribution in [-0.4, -0.2) is 20.6 Å². The van der Waals surface area contributed by atoms with Crippen molar-refractivity contribution in [2.75, 3.05) is 11.6 Å². The van der Waals surface area contributed by atoms with E-state index in [1.807, 2.05) is 19.9 Å². The van der Waals surface area contributed by atoms with Crippen molar-refractivity contribution in [3.8, 4) is 0 Å². The van der Waals surface area contributed by atoms with Crippen LogP contribution in [0.2, 0.25) is 0 Å². The summed E-state index contributed by atoms with van der Waals surface area (Å²) < 4.78 is 23.3. The fraction of sp³-hybridized carbons (Fsp3) is 0.312. The first-order chi connectivity index (χ1) is 10.2.